The molecule has 13 heteroatoms. The summed E-state index contributed by atoms with van der Waals surface area (Å²) >= 11 is 1.08. The number of benzene rings is 1. The maximum Gasteiger partial charge on any atom is 0.412 e. The van der Waals surface area contributed by atoms with Crippen molar-refractivity contribution >= 4 is 35.2 Å². The Hall–Kier alpha value is -4.39. The van der Waals surface area contributed by atoms with E-state index in [1.807, 2.05) is 0 Å². The zero-order valence-corrected chi connectivity index (χ0v) is 20.4. The summed E-state index contributed by atoms with van der Waals surface area (Å²) in [5.74, 6) is -2.74. The molecule has 0 bridgehead atoms. The van der Waals surface area contributed by atoms with Gasteiger partial charge < -0.3 is 30.0 Å². The number of aromatic carboxylic acids is 1. The Morgan fingerprint density at radius 1 is 1.11 bits per heavy atom. The average molecular weight is 517 g/mol. The van der Waals surface area contributed by atoms with E-state index in [-0.39, 0.29) is 29.5 Å². The number of nitrogens with zero attached hydrogens (tertiary/aromatic N) is 1. The number of thiophene rings is 1. The number of aromatic nitrogens is 2. The summed E-state index contributed by atoms with van der Waals surface area (Å²) in [7, 11) is 0. The molecule has 0 spiro atoms. The first kappa shape index (κ1) is 26.2. The lowest BCUT2D eigenvalue weighted by atomic mass is 10.1. The number of amides is 2. The van der Waals surface area contributed by atoms with Crippen LogP contribution in [-0.4, -0.2) is 43.9 Å². The maximum absolute atomic E-state index is 12.5. The monoisotopic (exact) mass is 516 g/mol. The van der Waals surface area contributed by atoms with Gasteiger partial charge in [0.1, 0.15) is 12.2 Å². The Labute approximate surface area is 208 Å². The smallest absolute Gasteiger partial charge is 0.412 e. The molecule has 2 heterocycles. The minimum atomic E-state index is -1.58. The van der Waals surface area contributed by atoms with Crippen LogP contribution in [0.25, 0.3) is 10.7 Å². The maximum atomic E-state index is 12.5. The van der Waals surface area contributed by atoms with Crippen molar-refractivity contribution in [1.29, 1.82) is 0 Å². The quantitative estimate of drug-likeness (QED) is 0.313. The number of aromatic hydroxyl groups is 1. The fourth-order valence-corrected chi connectivity index (χ4v) is 3.75. The Kier molecular flexibility index (Phi) is 7.94. The highest BCUT2D eigenvalue weighted by molar-refractivity contribution is 7.14. The van der Waals surface area contributed by atoms with Crippen molar-refractivity contribution < 1.29 is 34.1 Å². The highest BCUT2D eigenvalue weighted by Gasteiger charge is 2.21. The largest absolute Gasteiger partial charge is 0.501 e. The molecule has 0 fully saturated rings. The zero-order valence-electron chi connectivity index (χ0n) is 19.6. The van der Waals surface area contributed by atoms with Gasteiger partial charge in [0, 0.05) is 6.54 Å². The Morgan fingerprint density at radius 3 is 2.47 bits per heavy atom. The summed E-state index contributed by atoms with van der Waals surface area (Å²) < 4.78 is 10.5. The molecular formula is C23H24N4O8S. The van der Waals surface area contributed by atoms with E-state index in [0.717, 1.165) is 16.9 Å². The second-order valence-electron chi connectivity index (χ2n) is 8.41. The molecule has 0 aliphatic heterocycles. The van der Waals surface area contributed by atoms with Gasteiger partial charge in [0.25, 0.3) is 5.56 Å². The number of nitrogens with one attached hydrogen (secondary N) is 3. The van der Waals surface area contributed by atoms with Crippen molar-refractivity contribution in [3.05, 3.63) is 62.9 Å². The lowest BCUT2D eigenvalue weighted by Crippen LogP contribution is -2.32. The van der Waals surface area contributed by atoms with Crippen molar-refractivity contribution in [2.24, 2.45) is 0 Å². The first-order valence-corrected chi connectivity index (χ1v) is 11.4. The van der Waals surface area contributed by atoms with Crippen LogP contribution >= 0.6 is 11.3 Å². The third-order valence-electron chi connectivity index (χ3n) is 4.51. The van der Waals surface area contributed by atoms with Crippen LogP contribution in [0, 0.1) is 0 Å². The zero-order chi connectivity index (χ0) is 26.5. The molecule has 0 aliphatic carbocycles. The highest BCUT2D eigenvalue weighted by atomic mass is 32.1. The van der Waals surface area contributed by atoms with Crippen LogP contribution in [-0.2, 0) is 22.6 Å². The number of aromatic amines is 1. The number of hydrogen-bond acceptors (Lipinski definition) is 9. The summed E-state index contributed by atoms with van der Waals surface area (Å²) in [5.41, 5.74) is -0.883. The molecule has 0 aliphatic rings. The number of carbonyl (C=O) groups excluding carboxylic acids is 2. The fraction of sp³-hybridized carbons (Fsp3) is 0.261. The average Bonchev–Trinajstić information content (AvgIpc) is 3.25. The lowest BCUT2D eigenvalue weighted by molar-refractivity contribution is 0.0522. The molecule has 3 rings (SSSR count). The number of ether oxygens (including phenoxy) is 2. The molecule has 0 unspecified atom stereocenters. The molecule has 36 heavy (non-hydrogen) atoms. The van der Waals surface area contributed by atoms with E-state index >= 15 is 0 Å². The normalized spacial score (nSPS) is 11.0. The molecule has 3 aromatic rings. The Balaban J connectivity index is 1.66. The van der Waals surface area contributed by atoms with Crippen molar-refractivity contribution in [2.45, 2.75) is 39.5 Å². The van der Waals surface area contributed by atoms with Gasteiger partial charge in [-0.3, -0.25) is 10.1 Å². The summed E-state index contributed by atoms with van der Waals surface area (Å²) in [4.78, 5) is 53.9. The van der Waals surface area contributed by atoms with Crippen LogP contribution in [0.5, 0.6) is 5.75 Å². The van der Waals surface area contributed by atoms with Crippen molar-refractivity contribution in [3.8, 4) is 16.5 Å². The van der Waals surface area contributed by atoms with Crippen molar-refractivity contribution in [2.75, 3.05) is 5.32 Å². The summed E-state index contributed by atoms with van der Waals surface area (Å²) in [6.07, 6.45) is -1.39. The van der Waals surface area contributed by atoms with E-state index < -0.39 is 40.8 Å². The topological polar surface area (TPSA) is 180 Å². The molecule has 0 saturated heterocycles. The summed E-state index contributed by atoms with van der Waals surface area (Å²) in [5, 5.41) is 25.5. The van der Waals surface area contributed by atoms with Crippen LogP contribution in [0.4, 0.5) is 15.3 Å². The van der Waals surface area contributed by atoms with E-state index in [9.17, 15) is 24.3 Å². The number of anilines is 1. The molecule has 5 N–H and O–H groups in total. The Morgan fingerprint density at radius 2 is 1.81 bits per heavy atom. The van der Waals surface area contributed by atoms with Gasteiger partial charge in [0.2, 0.25) is 5.75 Å². The van der Waals surface area contributed by atoms with Crippen LogP contribution in [0.1, 0.15) is 42.4 Å². The van der Waals surface area contributed by atoms with E-state index in [1.54, 1.807) is 50.4 Å². The molecule has 190 valence electrons. The van der Waals surface area contributed by atoms with Gasteiger partial charge in [-0.05, 0) is 43.3 Å². The molecule has 2 aromatic heterocycles. The third-order valence-corrected chi connectivity index (χ3v) is 5.43. The Bertz CT molecular complexity index is 1340. The fourth-order valence-electron chi connectivity index (χ4n) is 2.96. The van der Waals surface area contributed by atoms with E-state index in [0.29, 0.717) is 5.56 Å². The van der Waals surface area contributed by atoms with E-state index in [2.05, 4.69) is 20.6 Å². The van der Waals surface area contributed by atoms with Gasteiger partial charge >= 0.3 is 18.2 Å². The minimum absolute atomic E-state index is 0.102. The van der Waals surface area contributed by atoms with Crippen LogP contribution in [0.3, 0.4) is 0 Å². The van der Waals surface area contributed by atoms with Gasteiger partial charge in [-0.2, -0.15) is 0 Å². The minimum Gasteiger partial charge on any atom is -0.501 e. The SMILES string of the molecule is CC(C)(C)OC(=O)NCc1ccccc1COC(=O)Nc1ccsc1-c1nc(C(=O)O)c(O)c(=O)[nH]1. The number of alkyl carbamates (subject to hydrolysis) is 1. The number of carbonyl (C=O) groups is 3. The standard InChI is InChI=1S/C23H24N4O8S/c1-23(2,3)35-21(32)24-10-12-6-4-5-7-13(12)11-34-22(33)25-14-8-9-36-17(14)18-26-15(20(30)31)16(28)19(29)27-18/h4-9,28H,10-11H2,1-3H3,(H,24,32)(H,25,33)(H,30,31)(H,26,27,29). The lowest BCUT2D eigenvalue weighted by Gasteiger charge is -2.20. The van der Waals surface area contributed by atoms with Crippen molar-refractivity contribution in [1.82, 2.24) is 15.3 Å². The van der Waals surface area contributed by atoms with Gasteiger partial charge in [-0.1, -0.05) is 24.3 Å². The highest BCUT2D eigenvalue weighted by Crippen LogP contribution is 2.31. The predicted octanol–water partition coefficient (Wildman–Crippen LogP) is 3.68. The first-order valence-electron chi connectivity index (χ1n) is 10.6. The number of H-pyrrole nitrogens is 1. The molecule has 2 amide bonds. The van der Waals surface area contributed by atoms with E-state index in [4.69, 9.17) is 14.6 Å². The molecule has 1 aromatic carbocycles. The molecule has 12 nitrogen and oxygen atoms in total. The third kappa shape index (κ3) is 6.82. The molecule has 0 radical (unpaired) electrons. The van der Waals surface area contributed by atoms with Crippen LogP contribution in [0.15, 0.2) is 40.5 Å². The summed E-state index contributed by atoms with van der Waals surface area (Å²) in [6, 6.07) is 8.58. The van der Waals surface area contributed by atoms with Gasteiger partial charge in [0.15, 0.2) is 11.5 Å². The molecule has 0 atom stereocenters. The first-order chi connectivity index (χ1) is 16.9. The second kappa shape index (κ2) is 10.9. The van der Waals surface area contributed by atoms with Gasteiger partial charge in [-0.25, -0.2) is 19.4 Å². The van der Waals surface area contributed by atoms with Crippen LogP contribution < -0.4 is 16.2 Å². The molecule has 0 saturated carbocycles. The summed E-state index contributed by atoms with van der Waals surface area (Å²) in [6.45, 7) is 5.33. The van der Waals surface area contributed by atoms with Gasteiger partial charge in [-0.15, -0.1) is 11.3 Å². The van der Waals surface area contributed by atoms with Crippen molar-refractivity contribution in [3.63, 3.8) is 0 Å². The number of carboxylic acids is 1. The van der Waals surface area contributed by atoms with Gasteiger partial charge in [0.05, 0.1) is 10.6 Å². The number of carboxylic acid groups (broad SMARTS) is 1. The molecular weight excluding hydrogens is 492 g/mol. The number of hydrogen-bond donors (Lipinski definition) is 5. The second-order valence-corrected chi connectivity index (χ2v) is 9.32. The van der Waals surface area contributed by atoms with E-state index in [1.165, 1.54) is 6.07 Å². The number of rotatable bonds is 7. The predicted molar refractivity (Wildman–Crippen MR) is 130 cm³/mol. The van der Waals surface area contributed by atoms with Crippen LogP contribution in [0.2, 0.25) is 0 Å².